The highest BCUT2D eigenvalue weighted by Gasteiger charge is 2.49. The predicted molar refractivity (Wildman–Crippen MR) is 164 cm³/mol. The normalized spacial score (nSPS) is 19.6. The average Bonchev–Trinajstić information content (AvgIpc) is 2.96. The van der Waals surface area contributed by atoms with Gasteiger partial charge in [-0.1, -0.05) is 70.2 Å². The van der Waals surface area contributed by atoms with Gasteiger partial charge in [-0.15, -0.1) is 0 Å². The molecule has 7 heteroatoms. The minimum atomic E-state index is -0.536. The minimum Gasteiger partial charge on any atom is -0.489 e. The molecule has 1 N–H and O–H groups in total. The fourth-order valence-corrected chi connectivity index (χ4v) is 6.63. The molecule has 7 nitrogen and oxygen atoms in total. The maximum atomic E-state index is 14.1. The Balaban J connectivity index is 1.47. The summed E-state index contributed by atoms with van der Waals surface area (Å²) in [5, 5.41) is 1.78. The van der Waals surface area contributed by atoms with Crippen LogP contribution in [0.1, 0.15) is 80.8 Å². The van der Waals surface area contributed by atoms with Crippen LogP contribution in [0.3, 0.4) is 0 Å². The van der Waals surface area contributed by atoms with E-state index in [0.717, 1.165) is 22.5 Å². The number of ketones is 2. The van der Waals surface area contributed by atoms with E-state index >= 15 is 0 Å². The number of benzene rings is 2. The van der Waals surface area contributed by atoms with E-state index < -0.39 is 5.92 Å². The SMILES string of the molecule is CC1(C)CC(=O)C2=C(C1)N(NC(=O)c1ccncc1)C1=C(C(=O)CC(C)(C)C1)C2c1cccc(OCc2ccccc2)c1. The fourth-order valence-electron chi connectivity index (χ4n) is 6.63. The first-order chi connectivity index (χ1) is 20.5. The number of nitrogens with zero attached hydrogens (tertiary/aromatic N) is 2. The van der Waals surface area contributed by atoms with E-state index in [4.69, 9.17) is 4.74 Å². The predicted octanol–water partition coefficient (Wildman–Crippen LogP) is 6.69. The van der Waals surface area contributed by atoms with Crippen LogP contribution in [0.5, 0.6) is 5.75 Å². The Labute approximate surface area is 252 Å². The maximum Gasteiger partial charge on any atom is 0.270 e. The van der Waals surface area contributed by atoms with Crippen LogP contribution in [0.25, 0.3) is 0 Å². The van der Waals surface area contributed by atoms with Crippen LogP contribution >= 0.6 is 0 Å². The number of pyridine rings is 1. The second kappa shape index (κ2) is 11.0. The van der Waals surface area contributed by atoms with Crippen LogP contribution in [0, 0.1) is 10.8 Å². The lowest BCUT2D eigenvalue weighted by Crippen LogP contribution is -2.50. The zero-order chi connectivity index (χ0) is 30.4. The van der Waals surface area contributed by atoms with Crippen molar-refractivity contribution in [2.75, 3.05) is 0 Å². The molecule has 6 rings (SSSR count). The van der Waals surface area contributed by atoms with Crippen LogP contribution in [0.4, 0.5) is 0 Å². The summed E-state index contributed by atoms with van der Waals surface area (Å²) < 4.78 is 6.16. The van der Waals surface area contributed by atoms with Crippen LogP contribution in [-0.2, 0) is 16.2 Å². The molecule has 3 aromatic rings. The zero-order valence-corrected chi connectivity index (χ0v) is 25.1. The molecule has 1 aliphatic heterocycles. The number of Topliss-reactive ketones (excluding diaryl/α,β-unsaturated/α-hetero) is 2. The van der Waals surface area contributed by atoms with Crippen molar-refractivity contribution in [3.8, 4) is 5.75 Å². The number of aromatic nitrogens is 1. The van der Waals surface area contributed by atoms with Crippen molar-refractivity contribution in [1.82, 2.24) is 15.4 Å². The molecule has 220 valence electrons. The van der Waals surface area contributed by atoms with Crippen molar-refractivity contribution in [2.45, 2.75) is 65.9 Å². The summed E-state index contributed by atoms with van der Waals surface area (Å²) in [4.78, 5) is 45.7. The number of carbonyl (C=O) groups excluding carboxylic acids is 3. The molecule has 0 fully saturated rings. The minimum absolute atomic E-state index is 0.000740. The number of nitrogens with one attached hydrogen (secondary N) is 1. The molecule has 2 heterocycles. The van der Waals surface area contributed by atoms with E-state index in [2.05, 4.69) is 38.1 Å². The van der Waals surface area contributed by atoms with Gasteiger partial charge in [0.2, 0.25) is 0 Å². The molecule has 0 saturated heterocycles. The second-order valence-corrected chi connectivity index (χ2v) is 13.4. The number of allylic oxidation sites excluding steroid dienone is 4. The van der Waals surface area contributed by atoms with E-state index in [1.165, 1.54) is 0 Å². The van der Waals surface area contributed by atoms with Crippen molar-refractivity contribution in [1.29, 1.82) is 0 Å². The number of hydrogen-bond donors (Lipinski definition) is 1. The van der Waals surface area contributed by atoms with E-state index in [1.807, 2.05) is 54.6 Å². The van der Waals surface area contributed by atoms with Crippen molar-refractivity contribution >= 4 is 17.5 Å². The van der Waals surface area contributed by atoms with Crippen molar-refractivity contribution in [2.24, 2.45) is 10.8 Å². The molecule has 0 radical (unpaired) electrons. The highest BCUT2D eigenvalue weighted by molar-refractivity contribution is 6.07. The molecule has 1 aromatic heterocycles. The average molecular weight is 576 g/mol. The summed E-state index contributed by atoms with van der Waals surface area (Å²) >= 11 is 0. The van der Waals surface area contributed by atoms with Gasteiger partial charge in [-0.3, -0.25) is 29.8 Å². The summed E-state index contributed by atoms with van der Waals surface area (Å²) in [5.41, 5.74) is 7.50. The van der Waals surface area contributed by atoms with Gasteiger partial charge in [0.1, 0.15) is 12.4 Å². The smallest absolute Gasteiger partial charge is 0.270 e. The van der Waals surface area contributed by atoms with E-state index in [0.29, 0.717) is 54.7 Å². The number of rotatable bonds is 6. The van der Waals surface area contributed by atoms with Gasteiger partial charge in [0.25, 0.3) is 5.91 Å². The summed E-state index contributed by atoms with van der Waals surface area (Å²) in [6.45, 7) is 8.70. The Morgan fingerprint density at radius 1 is 0.837 bits per heavy atom. The molecule has 1 amide bonds. The van der Waals surface area contributed by atoms with Crippen molar-refractivity contribution in [3.63, 3.8) is 0 Å². The lowest BCUT2D eigenvalue weighted by molar-refractivity contribution is -0.119. The number of amides is 1. The Morgan fingerprint density at radius 3 is 2.05 bits per heavy atom. The molecule has 43 heavy (non-hydrogen) atoms. The third-order valence-electron chi connectivity index (χ3n) is 8.51. The molecular formula is C36H37N3O4. The topological polar surface area (TPSA) is 88.6 Å². The molecule has 0 saturated carbocycles. The summed E-state index contributed by atoms with van der Waals surface area (Å²) in [5.74, 6) is -0.182. The van der Waals surface area contributed by atoms with E-state index in [9.17, 15) is 14.4 Å². The Morgan fingerprint density at radius 2 is 1.44 bits per heavy atom. The van der Waals surface area contributed by atoms with Crippen molar-refractivity contribution < 1.29 is 19.1 Å². The number of hydrazine groups is 1. The van der Waals surface area contributed by atoms with Crippen molar-refractivity contribution in [3.05, 3.63) is 118 Å². The maximum absolute atomic E-state index is 14.1. The molecule has 2 aromatic carbocycles. The Hall–Kier alpha value is -4.52. The first-order valence-corrected chi connectivity index (χ1v) is 14.8. The Bertz CT molecular complexity index is 1600. The van der Waals surface area contributed by atoms with Crippen LogP contribution < -0.4 is 10.2 Å². The van der Waals surface area contributed by atoms with Crippen LogP contribution in [0.2, 0.25) is 0 Å². The van der Waals surface area contributed by atoms with Gasteiger partial charge >= 0.3 is 0 Å². The standard InChI is InChI=1S/C36H37N3O4/c1-35(2)18-27-32(29(40)20-35)31(25-11-8-12-26(17-25)43-22-23-9-6-5-7-10-23)33-28(19-36(3,4)21-30(33)41)39(27)38-34(42)24-13-15-37-16-14-24/h5-17,31H,18-22H2,1-4H3,(H,38,42). The first-order valence-electron chi connectivity index (χ1n) is 14.8. The van der Waals surface area contributed by atoms with E-state index in [1.54, 1.807) is 29.5 Å². The quantitative estimate of drug-likeness (QED) is 0.352. The molecular weight excluding hydrogens is 538 g/mol. The molecule has 0 atom stereocenters. The van der Waals surface area contributed by atoms with Crippen LogP contribution in [0.15, 0.2) is 102 Å². The third kappa shape index (κ3) is 5.76. The van der Waals surface area contributed by atoms with Gasteiger partial charge in [0.05, 0.1) is 0 Å². The highest BCUT2D eigenvalue weighted by atomic mass is 16.5. The summed E-state index contributed by atoms with van der Waals surface area (Å²) in [6, 6.07) is 21.0. The van der Waals surface area contributed by atoms with Gasteiger partial charge in [-0.05, 0) is 59.1 Å². The van der Waals surface area contributed by atoms with E-state index in [-0.39, 0.29) is 28.3 Å². The number of ether oxygens (including phenoxy) is 1. The Kier molecular flexibility index (Phi) is 7.28. The monoisotopic (exact) mass is 575 g/mol. The number of hydrogen-bond acceptors (Lipinski definition) is 6. The molecule has 2 aliphatic carbocycles. The first kappa shape index (κ1) is 28.6. The molecule has 0 bridgehead atoms. The van der Waals surface area contributed by atoms with Gasteiger partial charge < -0.3 is 4.74 Å². The molecule has 0 spiro atoms. The van der Waals surface area contributed by atoms with Gasteiger partial charge in [0.15, 0.2) is 11.6 Å². The largest absolute Gasteiger partial charge is 0.489 e. The van der Waals surface area contributed by atoms with Gasteiger partial charge in [0, 0.05) is 59.3 Å². The second-order valence-electron chi connectivity index (χ2n) is 13.4. The number of carbonyl (C=O) groups is 3. The van der Waals surface area contributed by atoms with Gasteiger partial charge in [-0.2, -0.15) is 0 Å². The third-order valence-corrected chi connectivity index (χ3v) is 8.51. The molecule has 0 unspecified atom stereocenters. The lowest BCUT2D eigenvalue weighted by atomic mass is 9.64. The zero-order valence-electron chi connectivity index (χ0n) is 25.1. The fraction of sp³-hybridized carbons (Fsp3) is 0.333. The van der Waals surface area contributed by atoms with Crippen LogP contribution in [-0.4, -0.2) is 27.5 Å². The van der Waals surface area contributed by atoms with Gasteiger partial charge in [-0.25, -0.2) is 0 Å². The molecule has 3 aliphatic rings. The highest BCUT2D eigenvalue weighted by Crippen LogP contribution is 2.54. The summed E-state index contributed by atoms with van der Waals surface area (Å²) in [6.07, 6.45) is 5.03. The lowest BCUT2D eigenvalue weighted by Gasteiger charge is -2.48. The summed E-state index contributed by atoms with van der Waals surface area (Å²) in [7, 11) is 0.